The lowest BCUT2D eigenvalue weighted by Crippen LogP contribution is -2.09. The number of nitrogen functional groups attached to an aromatic ring is 1. The molecule has 0 aliphatic carbocycles. The van der Waals surface area contributed by atoms with Crippen molar-refractivity contribution in [3.63, 3.8) is 0 Å². The molecular weight excluding hydrogens is 262 g/mol. The summed E-state index contributed by atoms with van der Waals surface area (Å²) in [4.78, 5) is 0. The Bertz CT molecular complexity index is 576. The third-order valence-electron chi connectivity index (χ3n) is 3.91. The molecule has 0 bridgehead atoms. The molecule has 1 atom stereocenters. The van der Waals surface area contributed by atoms with Crippen LogP contribution in [-0.2, 0) is 0 Å². The summed E-state index contributed by atoms with van der Waals surface area (Å²) < 4.78 is 1.93. The van der Waals surface area contributed by atoms with E-state index in [1.807, 2.05) is 29.8 Å². The predicted octanol–water partition coefficient (Wildman–Crippen LogP) is 3.76. The van der Waals surface area contributed by atoms with Gasteiger partial charge in [0.2, 0.25) is 0 Å². The van der Waals surface area contributed by atoms with Crippen LogP contribution < -0.4 is 5.73 Å². The van der Waals surface area contributed by atoms with Crippen molar-refractivity contribution in [1.29, 1.82) is 0 Å². The van der Waals surface area contributed by atoms with Gasteiger partial charge in [-0.2, -0.15) is 0 Å². The summed E-state index contributed by atoms with van der Waals surface area (Å²) in [7, 11) is 0. The van der Waals surface area contributed by atoms with E-state index in [1.165, 1.54) is 25.7 Å². The van der Waals surface area contributed by atoms with E-state index in [2.05, 4.69) is 29.4 Å². The molecule has 21 heavy (non-hydrogen) atoms. The lowest BCUT2D eigenvalue weighted by Gasteiger charge is -2.13. The second-order valence-corrected chi connectivity index (χ2v) is 5.72. The SMILES string of the molecule is CCCCCCC(C)n1nnnc1-c1ccc(N)c(C)c1. The van der Waals surface area contributed by atoms with Gasteiger partial charge in [0.05, 0.1) is 6.04 Å². The first-order valence-electron chi connectivity index (χ1n) is 7.77. The smallest absolute Gasteiger partial charge is 0.182 e. The number of tetrazole rings is 1. The maximum atomic E-state index is 5.88. The van der Waals surface area contributed by atoms with E-state index < -0.39 is 0 Å². The van der Waals surface area contributed by atoms with Crippen LogP contribution in [0.3, 0.4) is 0 Å². The Morgan fingerprint density at radius 1 is 1.24 bits per heavy atom. The van der Waals surface area contributed by atoms with Crippen molar-refractivity contribution in [2.24, 2.45) is 0 Å². The lowest BCUT2D eigenvalue weighted by molar-refractivity contribution is 0.430. The molecule has 0 saturated carbocycles. The van der Waals surface area contributed by atoms with E-state index in [4.69, 9.17) is 5.73 Å². The normalized spacial score (nSPS) is 12.5. The second-order valence-electron chi connectivity index (χ2n) is 5.72. The van der Waals surface area contributed by atoms with E-state index in [0.29, 0.717) is 6.04 Å². The van der Waals surface area contributed by atoms with Gasteiger partial charge in [-0.1, -0.05) is 32.6 Å². The summed E-state index contributed by atoms with van der Waals surface area (Å²) in [5.74, 6) is 0.820. The minimum Gasteiger partial charge on any atom is -0.399 e. The third-order valence-corrected chi connectivity index (χ3v) is 3.91. The fourth-order valence-electron chi connectivity index (χ4n) is 2.48. The first-order valence-corrected chi connectivity index (χ1v) is 7.77. The lowest BCUT2D eigenvalue weighted by atomic mass is 10.1. The standard InChI is InChI=1S/C16H25N5/c1-4-5-6-7-8-13(3)21-16(18-19-20-21)14-9-10-15(17)12(2)11-14/h9-11,13H,4-8,17H2,1-3H3. The van der Waals surface area contributed by atoms with E-state index in [0.717, 1.165) is 29.1 Å². The van der Waals surface area contributed by atoms with Crippen LogP contribution in [0.5, 0.6) is 0 Å². The van der Waals surface area contributed by atoms with Crippen LogP contribution in [0, 0.1) is 6.92 Å². The number of nitrogens with two attached hydrogens (primary N) is 1. The number of hydrogen-bond acceptors (Lipinski definition) is 4. The van der Waals surface area contributed by atoms with E-state index in [1.54, 1.807) is 0 Å². The maximum absolute atomic E-state index is 5.88. The van der Waals surface area contributed by atoms with Crippen molar-refractivity contribution in [2.75, 3.05) is 5.73 Å². The molecule has 0 radical (unpaired) electrons. The Morgan fingerprint density at radius 3 is 2.76 bits per heavy atom. The van der Waals surface area contributed by atoms with Crippen LogP contribution in [0.15, 0.2) is 18.2 Å². The summed E-state index contributed by atoms with van der Waals surface area (Å²) in [5.41, 5.74) is 8.75. The predicted molar refractivity (Wildman–Crippen MR) is 85.9 cm³/mol. The van der Waals surface area contributed by atoms with Crippen LogP contribution in [0.2, 0.25) is 0 Å². The number of nitrogens with zero attached hydrogens (tertiary/aromatic N) is 4. The van der Waals surface area contributed by atoms with Gasteiger partial charge < -0.3 is 5.73 Å². The largest absolute Gasteiger partial charge is 0.399 e. The molecular formula is C16H25N5. The van der Waals surface area contributed by atoms with Crippen LogP contribution in [0.25, 0.3) is 11.4 Å². The maximum Gasteiger partial charge on any atom is 0.182 e. The van der Waals surface area contributed by atoms with Crippen molar-refractivity contribution in [3.05, 3.63) is 23.8 Å². The number of hydrogen-bond donors (Lipinski definition) is 1. The van der Waals surface area contributed by atoms with E-state index in [9.17, 15) is 0 Å². The van der Waals surface area contributed by atoms with Crippen LogP contribution >= 0.6 is 0 Å². The van der Waals surface area contributed by atoms with Gasteiger partial charge in [-0.15, -0.1) is 5.10 Å². The number of aryl methyl sites for hydroxylation is 1. The summed E-state index contributed by atoms with van der Waals surface area (Å²) in [6.45, 7) is 6.41. The van der Waals surface area contributed by atoms with Crippen LogP contribution in [0.4, 0.5) is 5.69 Å². The Kier molecular flexibility index (Phi) is 5.31. The molecule has 1 heterocycles. The van der Waals surface area contributed by atoms with Crippen LogP contribution in [-0.4, -0.2) is 20.2 Å². The highest BCUT2D eigenvalue weighted by Crippen LogP contribution is 2.24. The number of aromatic nitrogens is 4. The van der Waals surface area contributed by atoms with Gasteiger partial charge in [0.1, 0.15) is 0 Å². The van der Waals surface area contributed by atoms with Gasteiger partial charge >= 0.3 is 0 Å². The van der Waals surface area contributed by atoms with Gasteiger partial charge in [0.25, 0.3) is 0 Å². The van der Waals surface area contributed by atoms with Crippen molar-refractivity contribution < 1.29 is 0 Å². The highest BCUT2D eigenvalue weighted by Gasteiger charge is 2.14. The summed E-state index contributed by atoms with van der Waals surface area (Å²) in [6, 6.07) is 6.25. The van der Waals surface area contributed by atoms with Gasteiger partial charge in [-0.05, 0) is 54.5 Å². The minimum atomic E-state index is 0.310. The number of rotatable bonds is 7. The van der Waals surface area contributed by atoms with E-state index >= 15 is 0 Å². The van der Waals surface area contributed by atoms with Gasteiger partial charge in [-0.25, -0.2) is 4.68 Å². The Morgan fingerprint density at radius 2 is 2.05 bits per heavy atom. The zero-order chi connectivity index (χ0) is 15.2. The highest BCUT2D eigenvalue weighted by molar-refractivity contribution is 5.61. The molecule has 0 spiro atoms. The Hall–Kier alpha value is -1.91. The molecule has 2 N–H and O–H groups in total. The van der Waals surface area contributed by atoms with Crippen molar-refractivity contribution in [1.82, 2.24) is 20.2 Å². The number of unbranched alkanes of at least 4 members (excludes halogenated alkanes) is 3. The van der Waals surface area contributed by atoms with Crippen molar-refractivity contribution in [2.45, 2.75) is 58.9 Å². The summed E-state index contributed by atoms with van der Waals surface area (Å²) >= 11 is 0. The molecule has 0 aliphatic rings. The van der Waals surface area contributed by atoms with Gasteiger partial charge in [0.15, 0.2) is 5.82 Å². The van der Waals surface area contributed by atoms with Crippen molar-refractivity contribution >= 4 is 5.69 Å². The molecule has 2 rings (SSSR count). The van der Waals surface area contributed by atoms with Gasteiger partial charge in [0, 0.05) is 11.3 Å². The first kappa shape index (κ1) is 15.5. The minimum absolute atomic E-state index is 0.310. The van der Waals surface area contributed by atoms with E-state index in [-0.39, 0.29) is 0 Å². The number of anilines is 1. The molecule has 1 aromatic carbocycles. The molecule has 1 aromatic heterocycles. The molecule has 114 valence electrons. The zero-order valence-corrected chi connectivity index (χ0v) is 13.2. The summed E-state index contributed by atoms with van der Waals surface area (Å²) in [6.07, 6.45) is 6.15. The third kappa shape index (κ3) is 3.80. The molecule has 5 nitrogen and oxygen atoms in total. The fraction of sp³-hybridized carbons (Fsp3) is 0.562. The molecule has 0 saturated heterocycles. The average molecular weight is 287 g/mol. The van der Waals surface area contributed by atoms with Crippen molar-refractivity contribution in [3.8, 4) is 11.4 Å². The molecule has 5 heteroatoms. The molecule has 2 aromatic rings. The van der Waals surface area contributed by atoms with Gasteiger partial charge in [-0.3, -0.25) is 0 Å². The van der Waals surface area contributed by atoms with Crippen LogP contribution in [0.1, 0.15) is 57.6 Å². The Labute approximate surface area is 126 Å². The molecule has 0 amide bonds. The fourth-order valence-corrected chi connectivity index (χ4v) is 2.48. The Balaban J connectivity index is 2.12. The monoisotopic (exact) mass is 287 g/mol. The quantitative estimate of drug-likeness (QED) is 0.621. The highest BCUT2D eigenvalue weighted by atomic mass is 15.5. The molecule has 0 fully saturated rings. The molecule has 0 aliphatic heterocycles. The second kappa shape index (κ2) is 7.20. The molecule has 1 unspecified atom stereocenters. The number of benzene rings is 1. The average Bonchev–Trinajstić information content (AvgIpc) is 2.96. The topological polar surface area (TPSA) is 69.6 Å². The summed E-state index contributed by atoms with van der Waals surface area (Å²) in [5, 5.41) is 12.2. The first-order chi connectivity index (χ1) is 10.1. The zero-order valence-electron chi connectivity index (χ0n) is 13.2.